The third kappa shape index (κ3) is 1.55. The fourth-order valence-electron chi connectivity index (χ4n) is 1.72. The molecule has 0 spiro atoms. The molecule has 1 aliphatic heterocycles. The van der Waals surface area contributed by atoms with Crippen LogP contribution < -0.4 is 15.2 Å². The van der Waals surface area contributed by atoms with E-state index in [9.17, 15) is 0 Å². The van der Waals surface area contributed by atoms with Crippen molar-refractivity contribution in [2.45, 2.75) is 13.3 Å². The van der Waals surface area contributed by atoms with E-state index < -0.39 is 0 Å². The number of benzene rings is 1. The Balaban J connectivity index is 2.38. The minimum absolute atomic E-state index is 0.639. The highest BCUT2D eigenvalue weighted by Gasteiger charge is 2.15. The van der Waals surface area contributed by atoms with E-state index in [1.54, 1.807) is 0 Å². The van der Waals surface area contributed by atoms with Crippen molar-refractivity contribution < 1.29 is 9.47 Å². The first-order chi connectivity index (χ1) is 6.83. The second-order valence-corrected chi connectivity index (χ2v) is 3.41. The van der Waals surface area contributed by atoms with Crippen molar-refractivity contribution in [3.8, 4) is 11.5 Å². The van der Waals surface area contributed by atoms with Gasteiger partial charge >= 0.3 is 0 Å². The van der Waals surface area contributed by atoms with Crippen LogP contribution in [0.15, 0.2) is 12.1 Å². The average molecular weight is 193 g/mol. The summed E-state index contributed by atoms with van der Waals surface area (Å²) >= 11 is 0. The van der Waals surface area contributed by atoms with Gasteiger partial charge < -0.3 is 15.2 Å². The fraction of sp³-hybridized carbons (Fsp3) is 0.455. The van der Waals surface area contributed by atoms with E-state index in [0.29, 0.717) is 19.8 Å². The van der Waals surface area contributed by atoms with Gasteiger partial charge in [-0.1, -0.05) is 6.07 Å². The Bertz CT molecular complexity index is 336. The Labute approximate surface area is 83.8 Å². The molecule has 2 N–H and O–H groups in total. The van der Waals surface area contributed by atoms with Gasteiger partial charge in [-0.25, -0.2) is 0 Å². The SMILES string of the molecule is Cc1c(CCN)ccc2c1OCCO2. The fourth-order valence-corrected chi connectivity index (χ4v) is 1.72. The summed E-state index contributed by atoms with van der Waals surface area (Å²) in [6, 6.07) is 4.03. The summed E-state index contributed by atoms with van der Waals surface area (Å²) in [5.41, 5.74) is 7.94. The van der Waals surface area contributed by atoms with Crippen molar-refractivity contribution in [1.82, 2.24) is 0 Å². The van der Waals surface area contributed by atoms with Gasteiger partial charge in [-0.05, 0) is 37.1 Å². The minimum Gasteiger partial charge on any atom is -0.486 e. The average Bonchev–Trinajstić information content (AvgIpc) is 2.23. The largest absolute Gasteiger partial charge is 0.486 e. The summed E-state index contributed by atoms with van der Waals surface area (Å²) in [7, 11) is 0. The maximum Gasteiger partial charge on any atom is 0.164 e. The predicted octanol–water partition coefficient (Wildman–Crippen LogP) is 1.27. The van der Waals surface area contributed by atoms with E-state index in [4.69, 9.17) is 15.2 Å². The van der Waals surface area contributed by atoms with Gasteiger partial charge in [-0.2, -0.15) is 0 Å². The van der Waals surface area contributed by atoms with E-state index in [2.05, 4.69) is 13.0 Å². The highest BCUT2D eigenvalue weighted by Crippen LogP contribution is 2.35. The molecule has 3 nitrogen and oxygen atoms in total. The predicted molar refractivity (Wildman–Crippen MR) is 54.9 cm³/mol. The third-order valence-corrected chi connectivity index (χ3v) is 2.48. The molecular formula is C11H15NO2. The van der Waals surface area contributed by atoms with Crippen molar-refractivity contribution in [2.24, 2.45) is 5.73 Å². The number of fused-ring (bicyclic) bond motifs is 1. The minimum atomic E-state index is 0.639. The molecule has 0 fully saturated rings. The Kier molecular flexibility index (Phi) is 2.59. The van der Waals surface area contributed by atoms with E-state index in [-0.39, 0.29) is 0 Å². The first-order valence-electron chi connectivity index (χ1n) is 4.91. The second-order valence-electron chi connectivity index (χ2n) is 3.41. The maximum absolute atomic E-state index is 5.58. The van der Waals surface area contributed by atoms with E-state index in [1.165, 1.54) is 5.56 Å². The quantitative estimate of drug-likeness (QED) is 0.769. The standard InChI is InChI=1S/C11H15NO2/c1-8-9(4-5-12)2-3-10-11(8)14-7-6-13-10/h2-3H,4-7,12H2,1H3. The van der Waals surface area contributed by atoms with E-state index in [1.807, 2.05) is 6.07 Å². The van der Waals surface area contributed by atoms with Gasteiger partial charge in [-0.3, -0.25) is 0 Å². The van der Waals surface area contributed by atoms with Crippen molar-refractivity contribution in [3.05, 3.63) is 23.3 Å². The van der Waals surface area contributed by atoms with Gasteiger partial charge in [0.05, 0.1) is 0 Å². The van der Waals surface area contributed by atoms with Crippen LogP contribution in [0.5, 0.6) is 11.5 Å². The topological polar surface area (TPSA) is 44.5 Å². The molecule has 1 aromatic rings. The van der Waals surface area contributed by atoms with Crippen LogP contribution in [0.2, 0.25) is 0 Å². The first-order valence-corrected chi connectivity index (χ1v) is 4.91. The Morgan fingerprint density at radius 3 is 2.86 bits per heavy atom. The van der Waals surface area contributed by atoms with Crippen LogP contribution in [0.4, 0.5) is 0 Å². The van der Waals surface area contributed by atoms with Crippen LogP contribution in [0.3, 0.4) is 0 Å². The van der Waals surface area contributed by atoms with Crippen LogP contribution in [-0.4, -0.2) is 19.8 Å². The van der Waals surface area contributed by atoms with Crippen molar-refractivity contribution in [1.29, 1.82) is 0 Å². The summed E-state index contributed by atoms with van der Waals surface area (Å²) in [4.78, 5) is 0. The highest BCUT2D eigenvalue weighted by atomic mass is 16.6. The second kappa shape index (κ2) is 3.88. The summed E-state index contributed by atoms with van der Waals surface area (Å²) in [5.74, 6) is 1.75. The van der Waals surface area contributed by atoms with Crippen molar-refractivity contribution in [3.63, 3.8) is 0 Å². The zero-order valence-corrected chi connectivity index (χ0v) is 8.38. The van der Waals surface area contributed by atoms with Gasteiger partial charge in [0.25, 0.3) is 0 Å². The maximum atomic E-state index is 5.58. The molecule has 0 bridgehead atoms. The Hall–Kier alpha value is -1.22. The molecule has 0 aromatic heterocycles. The molecule has 0 saturated carbocycles. The lowest BCUT2D eigenvalue weighted by atomic mass is 10.0. The van der Waals surface area contributed by atoms with Gasteiger partial charge in [0, 0.05) is 0 Å². The smallest absolute Gasteiger partial charge is 0.164 e. The monoisotopic (exact) mass is 193 g/mol. The van der Waals surface area contributed by atoms with Crippen LogP contribution in [-0.2, 0) is 6.42 Å². The molecule has 1 aromatic carbocycles. The molecule has 76 valence electrons. The van der Waals surface area contributed by atoms with Crippen LogP contribution in [0.1, 0.15) is 11.1 Å². The van der Waals surface area contributed by atoms with Crippen molar-refractivity contribution >= 4 is 0 Å². The molecule has 0 atom stereocenters. The van der Waals surface area contributed by atoms with Crippen LogP contribution >= 0.6 is 0 Å². The molecular weight excluding hydrogens is 178 g/mol. The molecule has 0 aliphatic carbocycles. The summed E-state index contributed by atoms with van der Waals surface area (Å²) in [6.07, 6.45) is 0.891. The molecule has 1 heterocycles. The third-order valence-electron chi connectivity index (χ3n) is 2.48. The summed E-state index contributed by atoms with van der Waals surface area (Å²) in [6.45, 7) is 4.00. The van der Waals surface area contributed by atoms with E-state index >= 15 is 0 Å². The molecule has 3 heteroatoms. The Morgan fingerprint density at radius 1 is 1.29 bits per heavy atom. The lowest BCUT2D eigenvalue weighted by molar-refractivity contribution is 0.170. The molecule has 0 radical (unpaired) electrons. The zero-order chi connectivity index (χ0) is 9.97. The normalized spacial score (nSPS) is 14.1. The van der Waals surface area contributed by atoms with Gasteiger partial charge in [0.1, 0.15) is 13.2 Å². The number of hydrogen-bond acceptors (Lipinski definition) is 3. The highest BCUT2D eigenvalue weighted by molar-refractivity contribution is 5.50. The van der Waals surface area contributed by atoms with Crippen LogP contribution in [0, 0.1) is 6.92 Å². The number of rotatable bonds is 2. The molecule has 0 unspecified atom stereocenters. The lowest BCUT2D eigenvalue weighted by Gasteiger charge is -2.21. The molecule has 0 amide bonds. The summed E-state index contributed by atoms with van der Waals surface area (Å²) < 4.78 is 11.1. The molecule has 0 saturated heterocycles. The van der Waals surface area contributed by atoms with Crippen molar-refractivity contribution in [2.75, 3.05) is 19.8 Å². The zero-order valence-electron chi connectivity index (χ0n) is 8.38. The number of nitrogens with two attached hydrogens (primary N) is 1. The molecule has 1 aliphatic rings. The lowest BCUT2D eigenvalue weighted by Crippen LogP contribution is -2.17. The Morgan fingerprint density at radius 2 is 2.07 bits per heavy atom. The number of ether oxygens (including phenoxy) is 2. The van der Waals surface area contributed by atoms with Gasteiger partial charge in [-0.15, -0.1) is 0 Å². The van der Waals surface area contributed by atoms with Gasteiger partial charge in [0.15, 0.2) is 11.5 Å². The molecule has 14 heavy (non-hydrogen) atoms. The molecule has 2 rings (SSSR count). The van der Waals surface area contributed by atoms with Crippen LogP contribution in [0.25, 0.3) is 0 Å². The number of hydrogen-bond donors (Lipinski definition) is 1. The van der Waals surface area contributed by atoms with E-state index in [0.717, 1.165) is 23.5 Å². The van der Waals surface area contributed by atoms with Gasteiger partial charge in [0.2, 0.25) is 0 Å². The first kappa shape index (κ1) is 9.34. The summed E-state index contributed by atoms with van der Waals surface area (Å²) in [5, 5.41) is 0.